The van der Waals surface area contributed by atoms with Gasteiger partial charge in [-0.1, -0.05) is 110 Å². The minimum atomic E-state index is -4.40. The van der Waals surface area contributed by atoms with E-state index >= 15 is 0 Å². The first kappa shape index (κ1) is 27.6. The molecule has 0 aliphatic heterocycles. The summed E-state index contributed by atoms with van der Waals surface area (Å²) in [5, 5.41) is 0. The van der Waals surface area contributed by atoms with Gasteiger partial charge in [0.15, 0.2) is 5.66 Å². The lowest BCUT2D eigenvalue weighted by Gasteiger charge is -2.15. The molecule has 0 spiro atoms. The van der Waals surface area contributed by atoms with Crippen molar-refractivity contribution in [1.29, 1.82) is 0 Å². The van der Waals surface area contributed by atoms with E-state index in [0.29, 0.717) is 0 Å². The maximum absolute atomic E-state index is 11.7. The van der Waals surface area contributed by atoms with Crippen LogP contribution >= 0.6 is 7.60 Å². The molecule has 0 saturated carbocycles. The zero-order valence-electron chi connectivity index (χ0n) is 18.4. The van der Waals surface area contributed by atoms with Crippen molar-refractivity contribution < 1.29 is 23.9 Å². The summed E-state index contributed by atoms with van der Waals surface area (Å²) in [5.74, 6) is -0.767. The third-order valence-electron chi connectivity index (χ3n) is 5.31. The standard InChI is InChI=1S/C22H45O5P/c1-3-5-6-7-8-9-10-11-12-13-14-15-16-17-18-19-20-27-22(23)21(4-2)28(24,25)26/h21H,3-20H2,1-2H3,(H2,24,25,26). The highest BCUT2D eigenvalue weighted by Gasteiger charge is 2.35. The molecule has 1 atom stereocenters. The summed E-state index contributed by atoms with van der Waals surface area (Å²) >= 11 is 0. The maximum atomic E-state index is 11.7. The van der Waals surface area contributed by atoms with Crippen molar-refractivity contribution in [3.8, 4) is 0 Å². The van der Waals surface area contributed by atoms with Crippen LogP contribution in [0.4, 0.5) is 0 Å². The van der Waals surface area contributed by atoms with E-state index in [-0.39, 0.29) is 13.0 Å². The molecule has 0 aromatic rings. The van der Waals surface area contributed by atoms with Gasteiger partial charge in [-0.05, 0) is 12.8 Å². The van der Waals surface area contributed by atoms with Crippen LogP contribution in [0, 0.1) is 0 Å². The summed E-state index contributed by atoms with van der Waals surface area (Å²) in [7, 11) is -4.40. The molecule has 28 heavy (non-hydrogen) atoms. The first-order valence-electron chi connectivity index (χ1n) is 11.6. The minimum Gasteiger partial charge on any atom is -0.465 e. The van der Waals surface area contributed by atoms with Crippen molar-refractivity contribution in [3.05, 3.63) is 0 Å². The van der Waals surface area contributed by atoms with Gasteiger partial charge in [-0.2, -0.15) is 0 Å². The summed E-state index contributed by atoms with van der Waals surface area (Å²) in [5.41, 5.74) is -1.31. The van der Waals surface area contributed by atoms with Gasteiger partial charge in [-0.15, -0.1) is 0 Å². The van der Waals surface area contributed by atoms with E-state index in [9.17, 15) is 9.36 Å². The smallest absolute Gasteiger partial charge is 0.339 e. The highest BCUT2D eigenvalue weighted by atomic mass is 31.2. The molecule has 0 fully saturated rings. The van der Waals surface area contributed by atoms with Gasteiger partial charge in [0.05, 0.1) is 6.61 Å². The third-order valence-corrected chi connectivity index (χ3v) is 6.69. The molecule has 0 radical (unpaired) electrons. The number of hydrogen-bond acceptors (Lipinski definition) is 3. The Hall–Kier alpha value is -0.380. The van der Waals surface area contributed by atoms with Gasteiger partial charge >= 0.3 is 13.6 Å². The fraction of sp³-hybridized carbons (Fsp3) is 0.955. The Labute approximate surface area is 173 Å². The van der Waals surface area contributed by atoms with Gasteiger partial charge < -0.3 is 14.5 Å². The van der Waals surface area contributed by atoms with E-state index in [1.807, 2.05) is 0 Å². The van der Waals surface area contributed by atoms with Crippen molar-refractivity contribution in [2.75, 3.05) is 6.61 Å². The molecule has 2 N–H and O–H groups in total. The van der Waals surface area contributed by atoms with Crippen molar-refractivity contribution >= 4 is 13.6 Å². The third kappa shape index (κ3) is 16.6. The topological polar surface area (TPSA) is 83.8 Å². The number of ether oxygens (including phenoxy) is 1. The number of carbonyl (C=O) groups is 1. The number of hydrogen-bond donors (Lipinski definition) is 2. The summed E-state index contributed by atoms with van der Waals surface area (Å²) < 4.78 is 16.2. The summed E-state index contributed by atoms with van der Waals surface area (Å²) in [4.78, 5) is 29.9. The Kier molecular flexibility index (Phi) is 18.4. The second-order valence-corrected chi connectivity index (χ2v) is 9.79. The predicted octanol–water partition coefficient (Wildman–Crippen LogP) is 6.75. The van der Waals surface area contributed by atoms with Crippen LogP contribution in [-0.2, 0) is 14.1 Å². The first-order chi connectivity index (χ1) is 13.4. The summed E-state index contributed by atoms with van der Waals surface area (Å²) in [6.07, 6.45) is 20.6. The van der Waals surface area contributed by atoms with E-state index in [1.54, 1.807) is 6.92 Å². The number of esters is 1. The van der Waals surface area contributed by atoms with Gasteiger partial charge in [-0.3, -0.25) is 9.36 Å². The van der Waals surface area contributed by atoms with E-state index < -0.39 is 19.2 Å². The normalized spacial score (nSPS) is 12.9. The number of unbranched alkanes of at least 4 members (excludes halogenated alkanes) is 15. The van der Waals surface area contributed by atoms with Gasteiger partial charge in [0.25, 0.3) is 0 Å². The summed E-state index contributed by atoms with van der Waals surface area (Å²) in [6, 6.07) is 0. The fourth-order valence-corrected chi connectivity index (χ4v) is 4.29. The fourth-order valence-electron chi connectivity index (χ4n) is 3.46. The molecule has 0 amide bonds. The molecule has 0 saturated heterocycles. The molecule has 0 bridgehead atoms. The van der Waals surface area contributed by atoms with Crippen LogP contribution in [0.2, 0.25) is 0 Å². The molecule has 0 aliphatic rings. The molecule has 0 heterocycles. The monoisotopic (exact) mass is 420 g/mol. The molecule has 0 aliphatic carbocycles. The van der Waals surface area contributed by atoms with E-state index in [0.717, 1.165) is 19.3 Å². The average molecular weight is 421 g/mol. The highest BCUT2D eigenvalue weighted by Crippen LogP contribution is 2.43. The molecule has 0 rings (SSSR count). The van der Waals surface area contributed by atoms with E-state index in [2.05, 4.69) is 6.92 Å². The van der Waals surface area contributed by atoms with Crippen molar-refractivity contribution in [2.45, 2.75) is 129 Å². The highest BCUT2D eigenvalue weighted by molar-refractivity contribution is 7.53. The van der Waals surface area contributed by atoms with Crippen LogP contribution in [0.1, 0.15) is 123 Å². The minimum absolute atomic E-state index is 0.0993. The lowest BCUT2D eigenvalue weighted by atomic mass is 10.0. The molecule has 6 heteroatoms. The molecule has 1 unspecified atom stereocenters. The Balaban J connectivity index is 3.32. The zero-order valence-corrected chi connectivity index (χ0v) is 19.3. The predicted molar refractivity (Wildman–Crippen MR) is 117 cm³/mol. The quantitative estimate of drug-likeness (QED) is 0.129. The second kappa shape index (κ2) is 18.6. The molecule has 0 aromatic carbocycles. The van der Waals surface area contributed by atoms with Crippen LogP contribution in [0.5, 0.6) is 0 Å². The number of carbonyl (C=O) groups excluding carboxylic acids is 1. The van der Waals surface area contributed by atoms with Crippen LogP contribution in [0.25, 0.3) is 0 Å². The maximum Gasteiger partial charge on any atom is 0.339 e. The first-order valence-corrected chi connectivity index (χ1v) is 13.3. The van der Waals surface area contributed by atoms with Crippen LogP contribution in [0.3, 0.4) is 0 Å². The van der Waals surface area contributed by atoms with E-state index in [1.165, 1.54) is 83.5 Å². The van der Waals surface area contributed by atoms with Crippen molar-refractivity contribution in [1.82, 2.24) is 0 Å². The SMILES string of the molecule is CCCCCCCCCCCCCCCCCCOC(=O)C(CC)P(=O)(O)O. The largest absolute Gasteiger partial charge is 0.465 e. The molecular formula is C22H45O5P. The summed E-state index contributed by atoms with van der Waals surface area (Å²) in [6.45, 7) is 4.10. The van der Waals surface area contributed by atoms with Gasteiger partial charge in [0.1, 0.15) is 0 Å². The Bertz CT molecular complexity index is 408. The van der Waals surface area contributed by atoms with Crippen LogP contribution in [0.15, 0.2) is 0 Å². The van der Waals surface area contributed by atoms with Crippen molar-refractivity contribution in [3.63, 3.8) is 0 Å². The molecule has 0 aromatic heterocycles. The van der Waals surface area contributed by atoms with Gasteiger partial charge in [0, 0.05) is 0 Å². The average Bonchev–Trinajstić information content (AvgIpc) is 2.63. The van der Waals surface area contributed by atoms with Gasteiger partial charge in [-0.25, -0.2) is 0 Å². The molecule has 168 valence electrons. The molecule has 5 nitrogen and oxygen atoms in total. The lowest BCUT2D eigenvalue weighted by molar-refractivity contribution is -0.143. The molecular weight excluding hydrogens is 375 g/mol. The Morgan fingerprint density at radius 2 is 1.07 bits per heavy atom. The second-order valence-electron chi connectivity index (χ2n) is 7.98. The van der Waals surface area contributed by atoms with E-state index in [4.69, 9.17) is 14.5 Å². The van der Waals surface area contributed by atoms with Crippen LogP contribution in [-0.4, -0.2) is 28.0 Å². The van der Waals surface area contributed by atoms with Crippen molar-refractivity contribution in [2.24, 2.45) is 0 Å². The Morgan fingerprint density at radius 1 is 0.714 bits per heavy atom. The van der Waals surface area contributed by atoms with Crippen LogP contribution < -0.4 is 0 Å². The Morgan fingerprint density at radius 3 is 1.39 bits per heavy atom. The number of rotatable bonds is 20. The lowest BCUT2D eigenvalue weighted by Crippen LogP contribution is -2.23. The zero-order chi connectivity index (χ0) is 21.1. The van der Waals surface area contributed by atoms with Gasteiger partial charge in [0.2, 0.25) is 0 Å².